The Kier molecular flexibility index (Phi) is 6.00. The van der Waals surface area contributed by atoms with Crippen LogP contribution in [0.5, 0.6) is 17.2 Å². The molecule has 0 saturated carbocycles. The molecule has 9 nitrogen and oxygen atoms in total. The summed E-state index contributed by atoms with van der Waals surface area (Å²) >= 11 is 0. The van der Waals surface area contributed by atoms with E-state index in [-0.39, 0.29) is 12.4 Å². The van der Waals surface area contributed by atoms with Crippen LogP contribution in [0.1, 0.15) is 27.5 Å². The van der Waals surface area contributed by atoms with E-state index in [0.29, 0.717) is 34.1 Å². The van der Waals surface area contributed by atoms with Crippen LogP contribution < -0.4 is 19.5 Å². The van der Waals surface area contributed by atoms with Gasteiger partial charge in [-0.1, -0.05) is 24.3 Å². The third-order valence-electron chi connectivity index (χ3n) is 5.52. The van der Waals surface area contributed by atoms with Gasteiger partial charge in [-0.05, 0) is 36.8 Å². The molecule has 9 heteroatoms. The molecule has 33 heavy (non-hydrogen) atoms. The quantitative estimate of drug-likeness (QED) is 0.618. The van der Waals surface area contributed by atoms with Crippen LogP contribution in [0.25, 0.3) is 0 Å². The fourth-order valence-electron chi connectivity index (χ4n) is 3.99. The Morgan fingerprint density at radius 2 is 1.88 bits per heavy atom. The summed E-state index contributed by atoms with van der Waals surface area (Å²) < 4.78 is 17.4. The lowest BCUT2D eigenvalue weighted by Gasteiger charge is -2.28. The first-order valence-corrected chi connectivity index (χ1v) is 10.2. The van der Waals surface area contributed by atoms with Crippen LogP contribution in [0.2, 0.25) is 0 Å². The fourth-order valence-corrected chi connectivity index (χ4v) is 3.99. The minimum atomic E-state index is -1.01. The van der Waals surface area contributed by atoms with E-state index in [1.165, 1.54) is 14.2 Å². The van der Waals surface area contributed by atoms with Gasteiger partial charge in [-0.15, -0.1) is 0 Å². The van der Waals surface area contributed by atoms with Crippen molar-refractivity contribution in [2.24, 2.45) is 5.92 Å². The number of rotatable bonds is 6. The summed E-state index contributed by atoms with van der Waals surface area (Å²) in [6.07, 6.45) is 0. The van der Waals surface area contributed by atoms with Crippen LogP contribution in [0.3, 0.4) is 0 Å². The van der Waals surface area contributed by atoms with Crippen molar-refractivity contribution in [3.05, 3.63) is 65.4 Å². The number of nitrogens with one attached hydrogen (secondary N) is 1. The van der Waals surface area contributed by atoms with Gasteiger partial charge in [0.15, 0.2) is 18.1 Å². The van der Waals surface area contributed by atoms with Gasteiger partial charge in [0.05, 0.1) is 26.0 Å². The maximum Gasteiger partial charge on any atom is 0.286 e. The van der Waals surface area contributed by atoms with Gasteiger partial charge >= 0.3 is 0 Å². The lowest BCUT2D eigenvalue weighted by molar-refractivity contribution is -0.119. The molecule has 1 aliphatic heterocycles. The molecule has 168 valence electrons. The summed E-state index contributed by atoms with van der Waals surface area (Å²) in [6.45, 7) is 1.47. The van der Waals surface area contributed by atoms with E-state index in [9.17, 15) is 14.9 Å². The highest BCUT2D eigenvalue weighted by atomic mass is 16.5. The Hall–Kier alpha value is -4.32. The van der Waals surface area contributed by atoms with Gasteiger partial charge in [-0.3, -0.25) is 9.59 Å². The average Bonchev–Trinajstić information content (AvgIpc) is 3.17. The van der Waals surface area contributed by atoms with E-state index in [1.807, 2.05) is 6.07 Å². The molecule has 0 fully saturated rings. The Morgan fingerprint density at radius 3 is 2.55 bits per heavy atom. The molecule has 0 aliphatic carbocycles. The number of anilines is 1. The average molecular weight is 446 g/mol. The largest absolute Gasteiger partial charge is 0.493 e. The number of amides is 1. The van der Waals surface area contributed by atoms with E-state index in [0.717, 1.165) is 4.68 Å². The van der Waals surface area contributed by atoms with Crippen LogP contribution in [0.4, 0.5) is 5.82 Å². The SMILES string of the molecule is COc1ccc(C2c3c(C)nn(C(=O)COc4ccccc4)c3NC(=O)C2C#N)cc1OC. The molecule has 1 aromatic heterocycles. The standard InChI is InChI=1S/C24H22N4O5/c1-14-21-22(15-9-10-18(31-2)19(11-15)32-3)17(12-25)24(30)26-23(21)28(27-14)20(29)13-33-16-7-5-4-6-8-16/h4-11,17,22H,13H2,1-3H3,(H,26,30). The second-order valence-electron chi connectivity index (χ2n) is 7.44. The van der Waals surface area contributed by atoms with E-state index in [1.54, 1.807) is 49.4 Å². The summed E-state index contributed by atoms with van der Waals surface area (Å²) in [7, 11) is 3.04. The minimum absolute atomic E-state index is 0.241. The predicted octanol–water partition coefficient (Wildman–Crippen LogP) is 3.15. The van der Waals surface area contributed by atoms with Crippen LogP contribution in [-0.2, 0) is 4.79 Å². The number of ether oxygens (including phenoxy) is 3. The summed E-state index contributed by atoms with van der Waals surface area (Å²) in [5, 5.41) is 16.8. The number of methoxy groups -OCH3 is 2. The van der Waals surface area contributed by atoms with Crippen molar-refractivity contribution >= 4 is 17.6 Å². The first-order valence-electron chi connectivity index (χ1n) is 10.2. The number of para-hydroxylation sites is 1. The lowest BCUT2D eigenvalue weighted by Crippen LogP contribution is -2.35. The molecule has 1 aliphatic rings. The number of hydrogen-bond acceptors (Lipinski definition) is 7. The zero-order valence-electron chi connectivity index (χ0n) is 18.4. The molecule has 2 heterocycles. The topological polar surface area (TPSA) is 115 Å². The molecular formula is C24H22N4O5. The van der Waals surface area contributed by atoms with Gasteiger partial charge in [-0.25, -0.2) is 0 Å². The maximum atomic E-state index is 12.9. The minimum Gasteiger partial charge on any atom is -0.493 e. The second-order valence-corrected chi connectivity index (χ2v) is 7.44. The smallest absolute Gasteiger partial charge is 0.286 e. The number of aryl methyl sites for hydroxylation is 1. The zero-order chi connectivity index (χ0) is 23.5. The zero-order valence-corrected chi connectivity index (χ0v) is 18.4. The van der Waals surface area contributed by atoms with Gasteiger partial charge in [0.1, 0.15) is 17.5 Å². The Morgan fingerprint density at radius 1 is 1.15 bits per heavy atom. The molecular weight excluding hydrogens is 424 g/mol. The number of carbonyl (C=O) groups is 2. The maximum absolute atomic E-state index is 12.9. The number of hydrogen-bond donors (Lipinski definition) is 1. The molecule has 1 N–H and O–H groups in total. The molecule has 0 spiro atoms. The third-order valence-corrected chi connectivity index (χ3v) is 5.52. The van der Waals surface area contributed by atoms with Crippen LogP contribution in [-0.4, -0.2) is 42.4 Å². The number of benzene rings is 2. The van der Waals surface area contributed by atoms with Crippen LogP contribution in [0, 0.1) is 24.2 Å². The highest BCUT2D eigenvalue weighted by Crippen LogP contribution is 2.44. The summed E-state index contributed by atoms with van der Waals surface area (Å²) in [6, 6.07) is 16.2. The van der Waals surface area contributed by atoms with Gasteiger partial charge in [0.25, 0.3) is 5.91 Å². The fraction of sp³-hybridized carbons (Fsp3) is 0.250. The predicted molar refractivity (Wildman–Crippen MR) is 119 cm³/mol. The monoisotopic (exact) mass is 446 g/mol. The summed E-state index contributed by atoms with van der Waals surface area (Å²) in [4.78, 5) is 25.8. The first kappa shape index (κ1) is 21.9. The normalized spacial score (nSPS) is 16.8. The van der Waals surface area contributed by atoms with Crippen molar-refractivity contribution in [3.8, 4) is 23.3 Å². The van der Waals surface area contributed by atoms with E-state index >= 15 is 0 Å². The highest BCUT2D eigenvalue weighted by Gasteiger charge is 2.42. The molecule has 2 atom stereocenters. The molecule has 4 rings (SSSR count). The van der Waals surface area contributed by atoms with Gasteiger partial charge in [0, 0.05) is 11.5 Å². The lowest BCUT2D eigenvalue weighted by atomic mass is 9.78. The van der Waals surface area contributed by atoms with Gasteiger partial charge < -0.3 is 19.5 Å². The Balaban J connectivity index is 1.74. The molecule has 3 aromatic rings. The van der Waals surface area contributed by atoms with Crippen molar-refractivity contribution in [1.82, 2.24) is 9.78 Å². The number of nitriles is 1. The van der Waals surface area contributed by atoms with E-state index in [4.69, 9.17) is 14.2 Å². The van der Waals surface area contributed by atoms with Crippen LogP contribution in [0.15, 0.2) is 48.5 Å². The second kappa shape index (κ2) is 9.04. The Labute approximate surface area is 190 Å². The van der Waals surface area contributed by atoms with Crippen molar-refractivity contribution in [2.75, 3.05) is 26.1 Å². The molecule has 0 radical (unpaired) electrons. The summed E-state index contributed by atoms with van der Waals surface area (Å²) in [5.74, 6) is -0.844. The van der Waals surface area contributed by atoms with Gasteiger partial charge in [0.2, 0.25) is 5.91 Å². The molecule has 0 bridgehead atoms. The highest BCUT2D eigenvalue weighted by molar-refractivity contribution is 6.00. The van der Waals surface area contributed by atoms with Crippen molar-refractivity contribution in [3.63, 3.8) is 0 Å². The summed E-state index contributed by atoms with van der Waals surface area (Å²) in [5.41, 5.74) is 1.80. The molecule has 1 amide bonds. The van der Waals surface area contributed by atoms with Gasteiger partial charge in [-0.2, -0.15) is 15.0 Å². The van der Waals surface area contributed by atoms with Crippen molar-refractivity contribution in [2.45, 2.75) is 12.8 Å². The van der Waals surface area contributed by atoms with E-state index < -0.39 is 23.7 Å². The van der Waals surface area contributed by atoms with E-state index in [2.05, 4.69) is 16.5 Å². The number of nitrogens with zero attached hydrogens (tertiary/aromatic N) is 3. The van der Waals surface area contributed by atoms with Crippen LogP contribution >= 0.6 is 0 Å². The number of carbonyl (C=O) groups excluding carboxylic acids is 2. The molecule has 2 unspecified atom stereocenters. The number of aromatic nitrogens is 2. The first-order chi connectivity index (χ1) is 16.0. The number of fused-ring (bicyclic) bond motifs is 1. The van der Waals surface area contributed by atoms with Crippen molar-refractivity contribution in [1.29, 1.82) is 5.26 Å². The third kappa shape index (κ3) is 3.99. The molecule has 0 saturated heterocycles. The molecule has 2 aromatic carbocycles. The Bertz CT molecular complexity index is 1250. The van der Waals surface area contributed by atoms with Crippen molar-refractivity contribution < 1.29 is 23.8 Å².